The van der Waals surface area contributed by atoms with Crippen LogP contribution in [0.3, 0.4) is 0 Å². The second kappa shape index (κ2) is 9.87. The summed E-state index contributed by atoms with van der Waals surface area (Å²) in [7, 11) is 0. The zero-order valence-corrected chi connectivity index (χ0v) is 25.5. The van der Waals surface area contributed by atoms with Crippen LogP contribution in [-0.4, -0.2) is 19.1 Å². The first-order chi connectivity index (χ1) is 23.4. The van der Waals surface area contributed by atoms with Crippen LogP contribution >= 0.6 is 0 Å². The number of benzene rings is 6. The van der Waals surface area contributed by atoms with Crippen LogP contribution in [-0.2, 0) is 5.41 Å². The zero-order valence-electron chi connectivity index (χ0n) is 25.5. The van der Waals surface area contributed by atoms with Crippen molar-refractivity contribution in [1.82, 2.24) is 19.1 Å². The monoisotopic (exact) mass is 600 g/mol. The van der Waals surface area contributed by atoms with E-state index in [9.17, 15) is 0 Å². The summed E-state index contributed by atoms with van der Waals surface area (Å²) >= 11 is 0. The molecule has 0 unspecified atom stereocenters. The maximum absolute atomic E-state index is 5.42. The number of hydrogen-bond donors (Lipinski definition) is 0. The average molecular weight is 601 g/mol. The lowest BCUT2D eigenvalue weighted by atomic mass is 9.69. The van der Waals surface area contributed by atoms with Gasteiger partial charge >= 0.3 is 0 Å². The normalized spacial score (nSPS) is 13.3. The van der Waals surface area contributed by atoms with E-state index in [0.717, 1.165) is 22.4 Å². The Kier molecular flexibility index (Phi) is 5.46. The summed E-state index contributed by atoms with van der Waals surface area (Å²) in [5.74, 6) is 1.48. The van der Waals surface area contributed by atoms with Gasteiger partial charge < -0.3 is 0 Å². The summed E-state index contributed by atoms with van der Waals surface area (Å²) in [6, 6.07) is 58.6. The van der Waals surface area contributed by atoms with E-state index in [0.29, 0.717) is 5.95 Å². The molecule has 0 amide bonds. The summed E-state index contributed by atoms with van der Waals surface area (Å²) < 4.78 is 4.58. The van der Waals surface area contributed by atoms with Crippen molar-refractivity contribution in [1.29, 1.82) is 0 Å². The van der Waals surface area contributed by atoms with Gasteiger partial charge in [0.25, 0.3) is 0 Å². The van der Waals surface area contributed by atoms with Gasteiger partial charge in [0.15, 0.2) is 0 Å². The van der Waals surface area contributed by atoms with Gasteiger partial charge in [0.1, 0.15) is 5.82 Å². The molecule has 1 aliphatic carbocycles. The zero-order chi connectivity index (χ0) is 31.0. The molecule has 1 aliphatic rings. The number of fused-ring (bicyclic) bond motifs is 8. The van der Waals surface area contributed by atoms with Gasteiger partial charge in [0.2, 0.25) is 5.95 Å². The first-order valence-electron chi connectivity index (χ1n) is 16.0. The number of aromatic nitrogens is 4. The molecule has 10 rings (SSSR count). The topological polar surface area (TPSA) is 35.6 Å². The maximum atomic E-state index is 5.42. The van der Waals surface area contributed by atoms with Crippen molar-refractivity contribution in [3.8, 4) is 22.9 Å². The fraction of sp³-hybridized carbons (Fsp3) is 0.0233. The molecule has 0 saturated carbocycles. The van der Waals surface area contributed by atoms with Gasteiger partial charge in [-0.3, -0.25) is 9.13 Å². The average Bonchev–Trinajstić information content (AvgIpc) is 3.77. The van der Waals surface area contributed by atoms with E-state index in [1.165, 1.54) is 49.7 Å². The largest absolute Gasteiger partial charge is 0.296 e. The summed E-state index contributed by atoms with van der Waals surface area (Å²) in [4.78, 5) is 10.3. The number of nitrogens with zero attached hydrogens (tertiary/aromatic N) is 4. The third-order valence-electron chi connectivity index (χ3n) is 9.88. The van der Waals surface area contributed by atoms with Crippen LogP contribution in [0.1, 0.15) is 22.4 Å². The number of hydrogen-bond acceptors (Lipinski definition) is 2. The van der Waals surface area contributed by atoms with Crippen LogP contribution in [0.5, 0.6) is 0 Å². The van der Waals surface area contributed by atoms with E-state index in [1.807, 2.05) is 12.3 Å². The number of para-hydroxylation sites is 3. The van der Waals surface area contributed by atoms with E-state index in [4.69, 9.17) is 9.97 Å². The molecule has 0 atom stereocenters. The molecule has 0 fully saturated rings. The van der Waals surface area contributed by atoms with E-state index >= 15 is 0 Å². The fourth-order valence-electron chi connectivity index (χ4n) is 8.10. The van der Waals surface area contributed by atoms with Crippen LogP contribution < -0.4 is 0 Å². The molecule has 6 aromatic carbocycles. The van der Waals surface area contributed by atoms with E-state index in [1.54, 1.807) is 0 Å². The van der Waals surface area contributed by atoms with Crippen LogP contribution in [0, 0.1) is 0 Å². The molecular weight excluding hydrogens is 573 g/mol. The van der Waals surface area contributed by atoms with Crippen molar-refractivity contribution in [2.24, 2.45) is 0 Å². The standard InChI is InChI=1S/C43H28N4/c1-3-15-29(16-4-1)43(30-17-5-2-6-18-30)35-23-11-7-21-33(35)40-34-22-10-14-26-38(34)47(41(40)43)39-27-28-44-42(45-39)46-36-24-12-8-19-31(36)32-20-9-13-25-37(32)46/h1-28H. The Morgan fingerprint density at radius 1 is 0.447 bits per heavy atom. The lowest BCUT2D eigenvalue weighted by molar-refractivity contribution is 0.712. The van der Waals surface area contributed by atoms with Gasteiger partial charge in [-0.2, -0.15) is 4.98 Å². The summed E-state index contributed by atoms with van der Waals surface area (Å²) in [6.07, 6.45) is 1.90. The van der Waals surface area contributed by atoms with Gasteiger partial charge in [-0.25, -0.2) is 4.98 Å². The van der Waals surface area contributed by atoms with Crippen LogP contribution in [0.4, 0.5) is 0 Å². The fourth-order valence-corrected chi connectivity index (χ4v) is 8.10. The first kappa shape index (κ1) is 26.0. The molecule has 4 nitrogen and oxygen atoms in total. The molecule has 0 bridgehead atoms. The van der Waals surface area contributed by atoms with Crippen LogP contribution in [0.15, 0.2) is 170 Å². The van der Waals surface area contributed by atoms with Crippen LogP contribution in [0.2, 0.25) is 0 Å². The molecule has 9 aromatic rings. The molecule has 0 saturated heterocycles. The molecule has 4 heteroatoms. The molecule has 3 heterocycles. The van der Waals surface area contributed by atoms with E-state index in [2.05, 4.69) is 167 Å². The van der Waals surface area contributed by atoms with Crippen molar-refractivity contribution < 1.29 is 0 Å². The second-order valence-corrected chi connectivity index (χ2v) is 12.2. The smallest absolute Gasteiger partial charge is 0.236 e. The highest BCUT2D eigenvalue weighted by atomic mass is 15.2. The molecule has 0 radical (unpaired) electrons. The highest BCUT2D eigenvalue weighted by molar-refractivity contribution is 6.09. The molecule has 0 N–H and O–H groups in total. The highest BCUT2D eigenvalue weighted by Gasteiger charge is 2.50. The van der Waals surface area contributed by atoms with Crippen molar-refractivity contribution in [3.63, 3.8) is 0 Å². The maximum Gasteiger partial charge on any atom is 0.236 e. The highest BCUT2D eigenvalue weighted by Crippen LogP contribution is 2.59. The lowest BCUT2D eigenvalue weighted by Crippen LogP contribution is -2.31. The third-order valence-corrected chi connectivity index (χ3v) is 9.88. The summed E-state index contributed by atoms with van der Waals surface area (Å²) in [5.41, 5.74) is 10.1. The van der Waals surface area contributed by atoms with E-state index < -0.39 is 5.41 Å². The molecule has 47 heavy (non-hydrogen) atoms. The second-order valence-electron chi connectivity index (χ2n) is 12.2. The Labute approximate surface area is 271 Å². The van der Waals surface area contributed by atoms with Gasteiger partial charge in [0.05, 0.1) is 27.7 Å². The predicted molar refractivity (Wildman–Crippen MR) is 191 cm³/mol. The number of rotatable bonds is 4. The predicted octanol–water partition coefficient (Wildman–Crippen LogP) is 9.88. The van der Waals surface area contributed by atoms with Gasteiger partial charge in [0, 0.05) is 27.9 Å². The van der Waals surface area contributed by atoms with Crippen molar-refractivity contribution in [2.45, 2.75) is 5.41 Å². The summed E-state index contributed by atoms with van der Waals surface area (Å²) in [5, 5.41) is 3.58. The van der Waals surface area contributed by atoms with Crippen molar-refractivity contribution >= 4 is 32.7 Å². The Hall–Kier alpha value is -6.26. The quantitative estimate of drug-likeness (QED) is 0.202. The third kappa shape index (κ3) is 3.47. The molecule has 0 aliphatic heterocycles. The van der Waals surface area contributed by atoms with Gasteiger partial charge in [-0.05, 0) is 46.5 Å². The Morgan fingerprint density at radius 2 is 0.957 bits per heavy atom. The SMILES string of the molecule is c1ccc(C2(c3ccccc3)c3ccccc3-c3c2n(-c2ccnc(-n4c5ccccc5c5ccccc54)n2)c2ccccc32)cc1. The molecule has 3 aromatic heterocycles. The van der Waals surface area contributed by atoms with Gasteiger partial charge in [-0.1, -0.05) is 140 Å². The Balaban J connectivity index is 1.35. The lowest BCUT2D eigenvalue weighted by Gasteiger charge is -2.34. The van der Waals surface area contributed by atoms with Crippen LogP contribution in [0.25, 0.3) is 55.6 Å². The molecular formula is C43H28N4. The Bertz CT molecular complexity index is 2540. The van der Waals surface area contributed by atoms with Crippen molar-refractivity contribution in [3.05, 3.63) is 192 Å². The van der Waals surface area contributed by atoms with Gasteiger partial charge in [-0.15, -0.1) is 0 Å². The molecule has 0 spiro atoms. The minimum Gasteiger partial charge on any atom is -0.296 e. The minimum atomic E-state index is -0.578. The molecule has 220 valence electrons. The van der Waals surface area contributed by atoms with Crippen molar-refractivity contribution in [2.75, 3.05) is 0 Å². The van der Waals surface area contributed by atoms with E-state index in [-0.39, 0.29) is 0 Å². The minimum absolute atomic E-state index is 0.578. The summed E-state index contributed by atoms with van der Waals surface area (Å²) in [6.45, 7) is 0. The Morgan fingerprint density at radius 3 is 1.60 bits per heavy atom. The first-order valence-corrected chi connectivity index (χ1v) is 16.0.